The van der Waals surface area contributed by atoms with Gasteiger partial charge in [0, 0.05) is 28.2 Å². The molecule has 16 heavy (non-hydrogen) atoms. The lowest BCUT2D eigenvalue weighted by atomic mass is 10.3. The molecule has 0 aliphatic carbocycles. The van der Waals surface area contributed by atoms with Gasteiger partial charge in [0.1, 0.15) is 11.5 Å². The highest BCUT2D eigenvalue weighted by Gasteiger charge is 2.18. The highest BCUT2D eigenvalue weighted by atomic mass is 79.9. The Hall–Kier alpha value is -0.460. The first kappa shape index (κ1) is 12.0. The van der Waals surface area contributed by atoms with Crippen LogP contribution in [0.1, 0.15) is 5.69 Å². The van der Waals surface area contributed by atoms with Gasteiger partial charge in [0.05, 0.1) is 13.2 Å². The smallest absolute Gasteiger partial charge is 0.148 e. The van der Waals surface area contributed by atoms with Gasteiger partial charge < -0.3 is 9.64 Å². The molecule has 1 N–H and O–H groups in total. The normalized spacial score (nSPS) is 16.2. The van der Waals surface area contributed by atoms with Crippen molar-refractivity contribution in [2.24, 2.45) is 0 Å². The molecular formula is C10H11Br2N3O. The molecule has 0 amide bonds. The Kier molecular flexibility index (Phi) is 3.94. The zero-order valence-corrected chi connectivity index (χ0v) is 11.7. The molecule has 1 saturated heterocycles. The second-order valence-electron chi connectivity index (χ2n) is 3.43. The van der Waals surface area contributed by atoms with Gasteiger partial charge in [-0.05, 0) is 37.9 Å². The molecule has 1 aliphatic rings. The summed E-state index contributed by atoms with van der Waals surface area (Å²) in [5, 5.41) is 8.10. The topological polar surface area (TPSA) is 49.2 Å². The molecule has 2 heterocycles. The Bertz CT molecular complexity index is 405. The maximum absolute atomic E-state index is 8.10. The zero-order valence-electron chi connectivity index (χ0n) is 8.54. The van der Waals surface area contributed by atoms with E-state index in [1.54, 1.807) is 6.20 Å². The summed E-state index contributed by atoms with van der Waals surface area (Å²) in [6.07, 6.45) is 1.70. The number of halogens is 2. The standard InChI is InChI=1S/C10H11Br2N3O/c11-7-5-8(12)9(14-6-7)10(13)15-1-3-16-4-2-15/h5-6,13H,1-4H2. The van der Waals surface area contributed by atoms with Gasteiger partial charge in [-0.3, -0.25) is 10.4 Å². The molecular weight excluding hydrogens is 338 g/mol. The minimum Gasteiger partial charge on any atom is -0.378 e. The zero-order chi connectivity index (χ0) is 11.5. The number of ether oxygens (including phenoxy) is 1. The Labute approximate surface area is 111 Å². The Morgan fingerprint density at radius 3 is 2.69 bits per heavy atom. The van der Waals surface area contributed by atoms with Crippen LogP contribution in [0.3, 0.4) is 0 Å². The SMILES string of the molecule is N=C(c1ncc(Br)cc1Br)N1CCOCC1. The van der Waals surface area contributed by atoms with E-state index >= 15 is 0 Å². The first-order valence-electron chi connectivity index (χ1n) is 4.91. The van der Waals surface area contributed by atoms with Crippen molar-refractivity contribution in [3.05, 3.63) is 26.9 Å². The average Bonchev–Trinajstić information content (AvgIpc) is 2.29. The molecule has 0 unspecified atom stereocenters. The van der Waals surface area contributed by atoms with Gasteiger partial charge in [-0.2, -0.15) is 0 Å². The second-order valence-corrected chi connectivity index (χ2v) is 5.20. The van der Waals surface area contributed by atoms with Crippen LogP contribution in [0.25, 0.3) is 0 Å². The number of rotatable bonds is 1. The summed E-state index contributed by atoms with van der Waals surface area (Å²) in [5.74, 6) is 0.447. The summed E-state index contributed by atoms with van der Waals surface area (Å²) in [5.41, 5.74) is 0.671. The molecule has 1 aliphatic heterocycles. The highest BCUT2D eigenvalue weighted by Crippen LogP contribution is 2.21. The van der Waals surface area contributed by atoms with Gasteiger partial charge in [-0.25, -0.2) is 0 Å². The average molecular weight is 349 g/mol. The van der Waals surface area contributed by atoms with Crippen LogP contribution in [0.5, 0.6) is 0 Å². The number of pyridine rings is 1. The van der Waals surface area contributed by atoms with Crippen molar-refractivity contribution >= 4 is 37.7 Å². The summed E-state index contributed by atoms with van der Waals surface area (Å²) in [7, 11) is 0. The van der Waals surface area contributed by atoms with Crippen molar-refractivity contribution in [2.75, 3.05) is 26.3 Å². The van der Waals surface area contributed by atoms with Crippen LogP contribution >= 0.6 is 31.9 Å². The third-order valence-electron chi connectivity index (χ3n) is 2.36. The van der Waals surface area contributed by atoms with Crippen LogP contribution in [0.2, 0.25) is 0 Å². The van der Waals surface area contributed by atoms with Crippen molar-refractivity contribution in [1.29, 1.82) is 5.41 Å². The number of morpholine rings is 1. The van der Waals surface area contributed by atoms with E-state index in [2.05, 4.69) is 36.8 Å². The molecule has 86 valence electrons. The fourth-order valence-corrected chi connectivity index (χ4v) is 2.70. The Morgan fingerprint density at radius 1 is 1.38 bits per heavy atom. The van der Waals surface area contributed by atoms with Crippen LogP contribution in [-0.2, 0) is 4.74 Å². The van der Waals surface area contributed by atoms with E-state index < -0.39 is 0 Å². The van der Waals surface area contributed by atoms with E-state index in [4.69, 9.17) is 10.1 Å². The van der Waals surface area contributed by atoms with Crippen molar-refractivity contribution in [3.63, 3.8) is 0 Å². The predicted octanol–water partition coefficient (Wildman–Crippen LogP) is 2.26. The van der Waals surface area contributed by atoms with Crippen LogP contribution in [0, 0.1) is 5.41 Å². The molecule has 2 rings (SSSR count). The number of nitrogens with zero attached hydrogens (tertiary/aromatic N) is 2. The van der Waals surface area contributed by atoms with Crippen molar-refractivity contribution in [2.45, 2.75) is 0 Å². The maximum Gasteiger partial charge on any atom is 0.148 e. The van der Waals surface area contributed by atoms with E-state index in [1.165, 1.54) is 0 Å². The molecule has 1 fully saturated rings. The largest absolute Gasteiger partial charge is 0.378 e. The molecule has 0 aromatic carbocycles. The molecule has 0 spiro atoms. The summed E-state index contributed by atoms with van der Waals surface area (Å²) in [6.45, 7) is 2.86. The lowest BCUT2D eigenvalue weighted by Gasteiger charge is -2.28. The number of amidine groups is 1. The quantitative estimate of drug-likeness (QED) is 0.625. The minimum atomic E-state index is 0.447. The summed E-state index contributed by atoms with van der Waals surface area (Å²) < 4.78 is 6.99. The number of aromatic nitrogens is 1. The van der Waals surface area contributed by atoms with E-state index in [9.17, 15) is 0 Å². The number of hydrogen-bond acceptors (Lipinski definition) is 3. The van der Waals surface area contributed by atoms with Gasteiger partial charge in [0.15, 0.2) is 0 Å². The minimum absolute atomic E-state index is 0.447. The fourth-order valence-electron chi connectivity index (χ4n) is 1.53. The monoisotopic (exact) mass is 347 g/mol. The first-order valence-corrected chi connectivity index (χ1v) is 6.50. The van der Waals surface area contributed by atoms with Gasteiger partial charge in [-0.15, -0.1) is 0 Å². The molecule has 6 heteroatoms. The van der Waals surface area contributed by atoms with Crippen LogP contribution in [0.4, 0.5) is 0 Å². The maximum atomic E-state index is 8.10. The van der Waals surface area contributed by atoms with Gasteiger partial charge in [0.25, 0.3) is 0 Å². The lowest BCUT2D eigenvalue weighted by Crippen LogP contribution is -2.41. The summed E-state index contributed by atoms with van der Waals surface area (Å²) in [4.78, 5) is 6.23. The molecule has 0 radical (unpaired) electrons. The van der Waals surface area contributed by atoms with E-state index in [-0.39, 0.29) is 0 Å². The molecule has 0 bridgehead atoms. The van der Waals surface area contributed by atoms with Gasteiger partial charge >= 0.3 is 0 Å². The van der Waals surface area contributed by atoms with E-state index in [1.807, 2.05) is 11.0 Å². The third kappa shape index (κ3) is 2.61. The van der Waals surface area contributed by atoms with Gasteiger partial charge in [-0.1, -0.05) is 0 Å². The summed E-state index contributed by atoms with van der Waals surface area (Å²) >= 11 is 6.77. The Balaban J connectivity index is 2.19. The van der Waals surface area contributed by atoms with E-state index in [0.29, 0.717) is 24.7 Å². The fraction of sp³-hybridized carbons (Fsp3) is 0.400. The van der Waals surface area contributed by atoms with Crippen molar-refractivity contribution < 1.29 is 4.74 Å². The molecule has 1 aromatic heterocycles. The third-order valence-corrected chi connectivity index (χ3v) is 3.40. The molecule has 4 nitrogen and oxygen atoms in total. The highest BCUT2D eigenvalue weighted by molar-refractivity contribution is 9.11. The molecule has 0 atom stereocenters. The lowest BCUT2D eigenvalue weighted by molar-refractivity contribution is 0.0679. The number of nitrogens with one attached hydrogen (secondary N) is 1. The van der Waals surface area contributed by atoms with Crippen molar-refractivity contribution in [1.82, 2.24) is 9.88 Å². The van der Waals surface area contributed by atoms with Gasteiger partial charge in [0.2, 0.25) is 0 Å². The first-order chi connectivity index (χ1) is 7.68. The van der Waals surface area contributed by atoms with Crippen LogP contribution < -0.4 is 0 Å². The Morgan fingerprint density at radius 2 is 2.06 bits per heavy atom. The van der Waals surface area contributed by atoms with Crippen LogP contribution in [0.15, 0.2) is 21.2 Å². The van der Waals surface area contributed by atoms with E-state index in [0.717, 1.165) is 22.0 Å². The molecule has 1 aromatic rings. The number of hydrogen-bond donors (Lipinski definition) is 1. The van der Waals surface area contributed by atoms with Crippen LogP contribution in [-0.4, -0.2) is 42.0 Å². The predicted molar refractivity (Wildman–Crippen MR) is 68.9 cm³/mol. The van der Waals surface area contributed by atoms with Crippen molar-refractivity contribution in [3.8, 4) is 0 Å². The second kappa shape index (κ2) is 5.25. The summed E-state index contributed by atoms with van der Waals surface area (Å²) in [6, 6.07) is 1.90. The molecule has 0 saturated carbocycles.